The van der Waals surface area contributed by atoms with Crippen LogP contribution < -0.4 is 0 Å². The molecule has 0 aliphatic carbocycles. The maximum atomic E-state index is 11.3. The number of esters is 1. The van der Waals surface area contributed by atoms with Gasteiger partial charge in [0.2, 0.25) is 0 Å². The molecular weight excluding hydrogens is 320 g/mol. The van der Waals surface area contributed by atoms with Crippen LogP contribution in [0.25, 0.3) is 0 Å². The van der Waals surface area contributed by atoms with E-state index in [1.165, 1.54) is 57.8 Å². The average molecular weight is 367 g/mol. The van der Waals surface area contributed by atoms with Crippen LogP contribution in [-0.2, 0) is 9.53 Å². The van der Waals surface area contributed by atoms with Gasteiger partial charge < -0.3 is 4.74 Å². The van der Waals surface area contributed by atoms with Crippen molar-refractivity contribution < 1.29 is 9.53 Å². The molecule has 2 heteroatoms. The van der Waals surface area contributed by atoms with Gasteiger partial charge in [0, 0.05) is 5.57 Å². The molecule has 0 radical (unpaired) electrons. The highest BCUT2D eigenvalue weighted by molar-refractivity contribution is 5.86. The fraction of sp³-hybridized carbons (Fsp3) is 0.875. The van der Waals surface area contributed by atoms with E-state index >= 15 is 0 Å². The van der Waals surface area contributed by atoms with Gasteiger partial charge in [0.15, 0.2) is 0 Å². The van der Waals surface area contributed by atoms with Crippen LogP contribution >= 0.6 is 0 Å². The molecule has 0 rings (SSSR count). The maximum absolute atomic E-state index is 11.3. The number of hydrogen-bond donors (Lipinski definition) is 0. The second kappa shape index (κ2) is 15.3. The Balaban J connectivity index is 3.59. The van der Waals surface area contributed by atoms with Gasteiger partial charge in [0.1, 0.15) is 0 Å². The minimum absolute atomic E-state index is 0.260. The van der Waals surface area contributed by atoms with Crippen LogP contribution in [0.15, 0.2) is 12.2 Å². The van der Waals surface area contributed by atoms with Gasteiger partial charge in [-0.1, -0.05) is 99.0 Å². The molecule has 3 atom stereocenters. The van der Waals surface area contributed by atoms with Gasteiger partial charge >= 0.3 is 5.97 Å². The van der Waals surface area contributed by atoms with E-state index in [9.17, 15) is 4.79 Å². The van der Waals surface area contributed by atoms with Gasteiger partial charge in [0.25, 0.3) is 0 Å². The summed E-state index contributed by atoms with van der Waals surface area (Å²) in [5.74, 6) is 2.95. The second-order valence-corrected chi connectivity index (χ2v) is 9.21. The Morgan fingerprint density at radius 2 is 1.12 bits per heavy atom. The number of carbonyl (C=O) groups excluding carboxylic acids is 1. The Bertz CT molecular complexity index is 372. The average Bonchev–Trinajstić information content (AvgIpc) is 2.54. The number of ether oxygens (including phenoxy) is 1. The van der Waals surface area contributed by atoms with Crippen LogP contribution in [0.1, 0.15) is 106 Å². The summed E-state index contributed by atoms with van der Waals surface area (Å²) in [4.78, 5) is 11.3. The highest BCUT2D eigenvalue weighted by Crippen LogP contribution is 2.22. The van der Waals surface area contributed by atoms with Crippen molar-refractivity contribution in [1.29, 1.82) is 0 Å². The zero-order valence-electron chi connectivity index (χ0n) is 18.6. The van der Waals surface area contributed by atoms with Crippen LogP contribution in [-0.4, -0.2) is 12.6 Å². The van der Waals surface area contributed by atoms with E-state index in [0.29, 0.717) is 18.1 Å². The van der Waals surface area contributed by atoms with Crippen molar-refractivity contribution in [3.8, 4) is 0 Å². The predicted octanol–water partition coefficient (Wildman–Crippen LogP) is 7.57. The smallest absolute Gasteiger partial charge is 0.333 e. The molecule has 0 bridgehead atoms. The van der Waals surface area contributed by atoms with E-state index in [4.69, 9.17) is 4.74 Å². The molecule has 0 saturated carbocycles. The van der Waals surface area contributed by atoms with E-state index in [1.807, 2.05) is 0 Å². The Hall–Kier alpha value is -0.790. The fourth-order valence-corrected chi connectivity index (χ4v) is 3.41. The molecule has 0 aromatic heterocycles. The molecule has 0 saturated heterocycles. The van der Waals surface area contributed by atoms with Crippen molar-refractivity contribution in [1.82, 2.24) is 0 Å². The first-order chi connectivity index (χ1) is 12.2. The summed E-state index contributed by atoms with van der Waals surface area (Å²) in [6, 6.07) is 0. The third-order valence-electron chi connectivity index (χ3n) is 5.46. The van der Waals surface area contributed by atoms with Gasteiger partial charge in [-0.3, -0.25) is 0 Å². The van der Waals surface area contributed by atoms with E-state index in [2.05, 4.69) is 41.2 Å². The minimum Gasteiger partial charge on any atom is -0.462 e. The van der Waals surface area contributed by atoms with Crippen molar-refractivity contribution in [2.24, 2.45) is 23.7 Å². The van der Waals surface area contributed by atoms with Gasteiger partial charge in [0.05, 0.1) is 6.61 Å². The molecule has 26 heavy (non-hydrogen) atoms. The van der Waals surface area contributed by atoms with Crippen molar-refractivity contribution in [2.45, 2.75) is 106 Å². The molecule has 0 spiro atoms. The van der Waals surface area contributed by atoms with Gasteiger partial charge in [-0.2, -0.15) is 0 Å². The molecule has 0 aromatic rings. The van der Waals surface area contributed by atoms with Gasteiger partial charge in [-0.25, -0.2) is 4.79 Å². The zero-order chi connectivity index (χ0) is 19.9. The summed E-state index contributed by atoms with van der Waals surface area (Å²) in [5.41, 5.74) is 0.487. The normalized spacial score (nSPS) is 14.9. The molecule has 0 amide bonds. The molecule has 0 heterocycles. The lowest BCUT2D eigenvalue weighted by molar-refractivity contribution is -0.139. The van der Waals surface area contributed by atoms with Crippen LogP contribution in [0, 0.1) is 23.7 Å². The highest BCUT2D eigenvalue weighted by Gasteiger charge is 2.09. The first-order valence-corrected chi connectivity index (χ1v) is 11.0. The molecule has 2 nitrogen and oxygen atoms in total. The molecule has 0 fully saturated rings. The Kier molecular flexibility index (Phi) is 14.8. The van der Waals surface area contributed by atoms with Gasteiger partial charge in [-0.05, 0) is 37.0 Å². The van der Waals surface area contributed by atoms with Crippen molar-refractivity contribution in [3.05, 3.63) is 12.2 Å². The first-order valence-electron chi connectivity index (χ1n) is 11.0. The van der Waals surface area contributed by atoms with Gasteiger partial charge in [-0.15, -0.1) is 0 Å². The summed E-state index contributed by atoms with van der Waals surface area (Å²) < 4.78 is 5.18. The van der Waals surface area contributed by atoms with Crippen molar-refractivity contribution >= 4 is 5.97 Å². The molecule has 0 aliphatic rings. The lowest BCUT2D eigenvalue weighted by Crippen LogP contribution is -2.09. The minimum atomic E-state index is -0.260. The SMILES string of the molecule is C=C(C)C(=O)OCCC(C)CCC[C@@H](C)CCC[C@@H](C)CCCC(C)C. The largest absolute Gasteiger partial charge is 0.462 e. The van der Waals surface area contributed by atoms with E-state index in [1.54, 1.807) is 6.92 Å². The molecule has 0 aromatic carbocycles. The predicted molar refractivity (Wildman–Crippen MR) is 114 cm³/mol. The summed E-state index contributed by atoms with van der Waals surface area (Å²) >= 11 is 0. The van der Waals surface area contributed by atoms with Crippen LogP contribution in [0.2, 0.25) is 0 Å². The van der Waals surface area contributed by atoms with E-state index < -0.39 is 0 Å². The Morgan fingerprint density at radius 3 is 1.50 bits per heavy atom. The zero-order valence-corrected chi connectivity index (χ0v) is 18.6. The summed E-state index contributed by atoms with van der Waals surface area (Å²) in [6.07, 6.45) is 13.2. The topological polar surface area (TPSA) is 26.3 Å². The number of rotatable bonds is 16. The highest BCUT2D eigenvalue weighted by atomic mass is 16.5. The number of hydrogen-bond acceptors (Lipinski definition) is 2. The quantitative estimate of drug-likeness (QED) is 0.208. The molecule has 154 valence electrons. The standard InChI is InChI=1S/C24H46O2/c1-19(2)11-8-12-21(5)13-9-14-22(6)15-10-16-23(7)17-18-26-24(25)20(3)4/h19,21-23H,3,8-18H2,1-2,4-7H3/t21-,22-,23?/m0/s1. The van der Waals surface area contributed by atoms with E-state index in [0.717, 1.165) is 24.2 Å². The monoisotopic (exact) mass is 366 g/mol. The lowest BCUT2D eigenvalue weighted by Gasteiger charge is -2.16. The third-order valence-corrected chi connectivity index (χ3v) is 5.46. The second-order valence-electron chi connectivity index (χ2n) is 9.21. The third kappa shape index (κ3) is 15.5. The fourth-order valence-electron chi connectivity index (χ4n) is 3.41. The summed E-state index contributed by atoms with van der Waals surface area (Å²) in [7, 11) is 0. The van der Waals surface area contributed by atoms with Crippen LogP contribution in [0.3, 0.4) is 0 Å². The van der Waals surface area contributed by atoms with E-state index in [-0.39, 0.29) is 5.97 Å². The van der Waals surface area contributed by atoms with Crippen LogP contribution in [0.5, 0.6) is 0 Å². The molecule has 1 unspecified atom stereocenters. The summed E-state index contributed by atoms with van der Waals surface area (Å²) in [5, 5.41) is 0. The molecular formula is C24H46O2. The number of carbonyl (C=O) groups is 1. The Morgan fingerprint density at radius 1 is 0.731 bits per heavy atom. The maximum Gasteiger partial charge on any atom is 0.333 e. The Labute approximate surface area is 164 Å². The summed E-state index contributed by atoms with van der Waals surface area (Å²) in [6.45, 7) is 17.6. The van der Waals surface area contributed by atoms with Crippen molar-refractivity contribution in [3.63, 3.8) is 0 Å². The first kappa shape index (κ1) is 25.2. The van der Waals surface area contributed by atoms with Crippen molar-refractivity contribution in [2.75, 3.05) is 6.61 Å². The molecule has 0 N–H and O–H groups in total. The lowest BCUT2D eigenvalue weighted by atomic mass is 9.91. The molecule has 0 aliphatic heterocycles. The van der Waals surface area contributed by atoms with Crippen LogP contribution in [0.4, 0.5) is 0 Å².